The van der Waals surface area contributed by atoms with Gasteiger partial charge in [0.05, 0.1) is 6.42 Å². The second-order valence-corrected chi connectivity index (χ2v) is 8.61. The van der Waals surface area contributed by atoms with Crippen LogP contribution in [0.3, 0.4) is 0 Å². The van der Waals surface area contributed by atoms with Crippen LogP contribution in [0.4, 0.5) is 0 Å². The minimum atomic E-state index is -0.678. The maximum absolute atomic E-state index is 13.1. The highest BCUT2D eigenvalue weighted by Gasteiger charge is 2.29. The summed E-state index contributed by atoms with van der Waals surface area (Å²) in [6, 6.07) is 14.0. The molecule has 150 valence electrons. The molecule has 6 heteroatoms. The van der Waals surface area contributed by atoms with Crippen LogP contribution in [-0.2, 0) is 22.6 Å². The third kappa shape index (κ3) is 6.25. The summed E-state index contributed by atoms with van der Waals surface area (Å²) in [4.78, 5) is 27.4. The van der Waals surface area contributed by atoms with Crippen molar-refractivity contribution in [3.63, 3.8) is 0 Å². The van der Waals surface area contributed by atoms with Crippen molar-refractivity contribution in [2.45, 2.75) is 52.2 Å². The topological polar surface area (TPSA) is 49.4 Å². The normalized spacial score (nSPS) is 12.4. The summed E-state index contributed by atoms with van der Waals surface area (Å²) in [6.45, 7) is 7.58. The number of hydrogen-bond acceptors (Lipinski definition) is 2. The van der Waals surface area contributed by atoms with Crippen LogP contribution in [-0.4, -0.2) is 28.3 Å². The molecule has 0 aliphatic carbocycles. The van der Waals surface area contributed by atoms with E-state index in [9.17, 15) is 9.59 Å². The molecule has 0 saturated carbocycles. The fraction of sp³-hybridized carbons (Fsp3) is 0.364. The van der Waals surface area contributed by atoms with E-state index in [0.29, 0.717) is 15.6 Å². The van der Waals surface area contributed by atoms with Crippen molar-refractivity contribution in [3.8, 4) is 0 Å². The minimum Gasteiger partial charge on any atom is -0.350 e. The zero-order valence-electron chi connectivity index (χ0n) is 16.6. The summed E-state index contributed by atoms with van der Waals surface area (Å²) >= 11 is 12.6. The van der Waals surface area contributed by atoms with Crippen LogP contribution in [0.25, 0.3) is 0 Å². The van der Waals surface area contributed by atoms with Gasteiger partial charge >= 0.3 is 0 Å². The maximum Gasteiger partial charge on any atom is 0.242 e. The quantitative estimate of drug-likeness (QED) is 0.724. The van der Waals surface area contributed by atoms with Crippen LogP contribution in [0.2, 0.25) is 10.0 Å². The molecule has 2 amide bonds. The van der Waals surface area contributed by atoms with Gasteiger partial charge in [0.1, 0.15) is 6.04 Å². The number of carbonyl (C=O) groups is 2. The Kier molecular flexibility index (Phi) is 7.50. The zero-order valence-corrected chi connectivity index (χ0v) is 18.1. The first-order valence-electron chi connectivity index (χ1n) is 9.17. The van der Waals surface area contributed by atoms with Gasteiger partial charge in [-0.05, 0) is 45.4 Å². The molecular weight excluding hydrogens is 395 g/mol. The average Bonchev–Trinajstić information content (AvgIpc) is 2.60. The van der Waals surface area contributed by atoms with E-state index in [4.69, 9.17) is 23.2 Å². The molecule has 28 heavy (non-hydrogen) atoms. The predicted octanol–water partition coefficient (Wildman–Crippen LogP) is 4.87. The smallest absolute Gasteiger partial charge is 0.242 e. The number of halogens is 2. The molecule has 1 atom stereocenters. The van der Waals surface area contributed by atoms with Gasteiger partial charge in [0.15, 0.2) is 0 Å². The van der Waals surface area contributed by atoms with Crippen molar-refractivity contribution >= 4 is 35.0 Å². The molecule has 0 heterocycles. The predicted molar refractivity (Wildman–Crippen MR) is 115 cm³/mol. The van der Waals surface area contributed by atoms with E-state index in [1.807, 2.05) is 51.1 Å². The minimum absolute atomic E-state index is 0.156. The largest absolute Gasteiger partial charge is 0.350 e. The number of nitrogens with one attached hydrogen (secondary N) is 1. The Morgan fingerprint density at radius 2 is 1.57 bits per heavy atom. The SMILES string of the molecule is C[C@@H](C(=O)NC(C)(C)C)N(Cc1c(Cl)cccc1Cl)C(=O)Cc1ccccc1. The lowest BCUT2D eigenvalue weighted by Crippen LogP contribution is -2.52. The molecule has 2 aromatic rings. The third-order valence-corrected chi connectivity index (χ3v) is 4.96. The van der Waals surface area contributed by atoms with E-state index >= 15 is 0 Å². The summed E-state index contributed by atoms with van der Waals surface area (Å²) in [5.41, 5.74) is 1.11. The van der Waals surface area contributed by atoms with Gasteiger partial charge in [-0.15, -0.1) is 0 Å². The van der Waals surface area contributed by atoms with E-state index in [1.165, 1.54) is 4.90 Å². The summed E-state index contributed by atoms with van der Waals surface area (Å²) in [5.74, 6) is -0.393. The highest BCUT2D eigenvalue weighted by Crippen LogP contribution is 2.27. The van der Waals surface area contributed by atoms with Gasteiger partial charge in [-0.2, -0.15) is 0 Å². The first kappa shape index (κ1) is 22.3. The molecule has 0 spiro atoms. The Balaban J connectivity index is 2.31. The van der Waals surface area contributed by atoms with Crippen LogP contribution < -0.4 is 5.32 Å². The molecular formula is C22H26Cl2N2O2. The first-order chi connectivity index (χ1) is 13.1. The van der Waals surface area contributed by atoms with Gasteiger partial charge in [-0.3, -0.25) is 9.59 Å². The Morgan fingerprint density at radius 1 is 1.00 bits per heavy atom. The van der Waals surface area contributed by atoms with Gasteiger partial charge in [-0.25, -0.2) is 0 Å². The first-order valence-corrected chi connectivity index (χ1v) is 9.92. The molecule has 0 fully saturated rings. The molecule has 0 radical (unpaired) electrons. The highest BCUT2D eigenvalue weighted by molar-refractivity contribution is 6.36. The third-order valence-electron chi connectivity index (χ3n) is 4.25. The van der Waals surface area contributed by atoms with Crippen molar-refractivity contribution < 1.29 is 9.59 Å². The standard InChI is InChI=1S/C22H26Cl2N2O2/c1-15(21(28)25-22(2,3)4)26(14-17-18(23)11-8-12-19(17)24)20(27)13-16-9-6-5-7-10-16/h5-12,15H,13-14H2,1-4H3,(H,25,28)/t15-/m0/s1. The van der Waals surface area contributed by atoms with Gasteiger partial charge in [0.2, 0.25) is 11.8 Å². The van der Waals surface area contributed by atoms with Crippen LogP contribution in [0.5, 0.6) is 0 Å². The second-order valence-electron chi connectivity index (χ2n) is 7.80. The van der Waals surface area contributed by atoms with Gasteiger partial charge < -0.3 is 10.2 Å². The van der Waals surface area contributed by atoms with Gasteiger partial charge in [-0.1, -0.05) is 59.6 Å². The molecule has 4 nitrogen and oxygen atoms in total. The second kappa shape index (κ2) is 9.44. The Hall–Kier alpha value is -2.04. The van der Waals surface area contributed by atoms with Gasteiger partial charge in [0.25, 0.3) is 0 Å². The lowest BCUT2D eigenvalue weighted by atomic mass is 10.1. The molecule has 2 aromatic carbocycles. The van der Waals surface area contributed by atoms with Crippen LogP contribution in [0.1, 0.15) is 38.8 Å². The van der Waals surface area contributed by atoms with Crippen molar-refractivity contribution in [2.24, 2.45) is 0 Å². The molecule has 0 aromatic heterocycles. The molecule has 1 N–H and O–H groups in total. The highest BCUT2D eigenvalue weighted by atomic mass is 35.5. The number of amides is 2. The summed E-state index contributed by atoms with van der Waals surface area (Å²) in [5, 5.41) is 3.87. The van der Waals surface area contributed by atoms with Crippen molar-refractivity contribution in [3.05, 3.63) is 69.7 Å². The number of nitrogens with zero attached hydrogens (tertiary/aromatic N) is 1. The van der Waals surface area contributed by atoms with E-state index in [0.717, 1.165) is 5.56 Å². The summed E-state index contributed by atoms with van der Waals surface area (Å²) in [7, 11) is 0. The number of benzene rings is 2. The molecule has 2 rings (SSSR count). The van der Waals surface area contributed by atoms with E-state index in [2.05, 4.69) is 5.32 Å². The maximum atomic E-state index is 13.1. The van der Waals surface area contributed by atoms with Crippen molar-refractivity contribution in [2.75, 3.05) is 0 Å². The van der Waals surface area contributed by atoms with Gasteiger partial charge in [0, 0.05) is 27.7 Å². The summed E-state index contributed by atoms with van der Waals surface area (Å²) in [6.07, 6.45) is 0.191. The Labute approximate surface area is 176 Å². The van der Waals surface area contributed by atoms with E-state index < -0.39 is 11.6 Å². The lowest BCUT2D eigenvalue weighted by Gasteiger charge is -2.32. The van der Waals surface area contributed by atoms with Crippen molar-refractivity contribution in [1.82, 2.24) is 10.2 Å². The van der Waals surface area contributed by atoms with Crippen molar-refractivity contribution in [1.29, 1.82) is 0 Å². The average molecular weight is 421 g/mol. The molecule has 0 aliphatic rings. The molecule has 0 aliphatic heterocycles. The zero-order chi connectivity index (χ0) is 20.9. The fourth-order valence-electron chi connectivity index (χ4n) is 2.78. The van der Waals surface area contributed by atoms with Crippen LogP contribution >= 0.6 is 23.2 Å². The van der Waals surface area contributed by atoms with E-state index in [-0.39, 0.29) is 24.8 Å². The fourth-order valence-corrected chi connectivity index (χ4v) is 3.30. The monoisotopic (exact) mass is 420 g/mol. The van der Waals surface area contributed by atoms with E-state index in [1.54, 1.807) is 25.1 Å². The molecule has 0 saturated heterocycles. The van der Waals surface area contributed by atoms with Crippen LogP contribution in [0, 0.1) is 0 Å². The summed E-state index contributed by atoms with van der Waals surface area (Å²) < 4.78 is 0. The Morgan fingerprint density at radius 3 is 2.11 bits per heavy atom. The number of hydrogen-bond donors (Lipinski definition) is 1. The molecule has 0 unspecified atom stereocenters. The van der Waals surface area contributed by atoms with Crippen LogP contribution in [0.15, 0.2) is 48.5 Å². The molecule has 0 bridgehead atoms. The lowest BCUT2D eigenvalue weighted by molar-refractivity contribution is -0.140. The Bertz CT molecular complexity index is 812. The number of carbonyl (C=O) groups excluding carboxylic acids is 2. The number of rotatable bonds is 6.